The minimum Gasteiger partial charge on any atom is -0.289 e. The molecule has 1 heterocycles. The Kier molecular flexibility index (Phi) is 3.39. The largest absolute Gasteiger partial charge is 0.289 e. The van der Waals surface area contributed by atoms with Gasteiger partial charge in [-0.05, 0) is 31.2 Å². The standard InChI is InChI=1S/C12H21N/c1-5-8-13-9-6-7-11(13)10-12(2,3)4/h1,11H,6-10H2,2-4H3/t11-/m1/s1. The summed E-state index contributed by atoms with van der Waals surface area (Å²) in [7, 11) is 0. The van der Waals surface area contributed by atoms with Crippen LogP contribution in [0.25, 0.3) is 0 Å². The van der Waals surface area contributed by atoms with Crippen LogP contribution in [0.1, 0.15) is 40.0 Å². The zero-order valence-corrected chi connectivity index (χ0v) is 9.14. The number of likely N-dealkylation sites (tertiary alicyclic amines) is 1. The van der Waals surface area contributed by atoms with Crippen LogP contribution in [0.4, 0.5) is 0 Å². The maximum Gasteiger partial charge on any atom is 0.0601 e. The second-order valence-electron chi connectivity index (χ2n) is 5.24. The SMILES string of the molecule is C#CCN1CCC[C@@H]1CC(C)(C)C. The van der Waals surface area contributed by atoms with Gasteiger partial charge in [0.1, 0.15) is 0 Å². The monoisotopic (exact) mass is 179 g/mol. The summed E-state index contributed by atoms with van der Waals surface area (Å²) in [5, 5.41) is 0. The molecule has 0 saturated carbocycles. The summed E-state index contributed by atoms with van der Waals surface area (Å²) < 4.78 is 0. The fourth-order valence-electron chi connectivity index (χ4n) is 2.16. The average molecular weight is 179 g/mol. The van der Waals surface area contributed by atoms with Crippen molar-refractivity contribution in [3.8, 4) is 12.3 Å². The highest BCUT2D eigenvalue weighted by atomic mass is 15.2. The van der Waals surface area contributed by atoms with Crippen molar-refractivity contribution in [3.05, 3.63) is 0 Å². The minimum absolute atomic E-state index is 0.432. The molecule has 0 aromatic heterocycles. The molecule has 0 radical (unpaired) electrons. The van der Waals surface area contributed by atoms with Crippen molar-refractivity contribution < 1.29 is 0 Å². The fraction of sp³-hybridized carbons (Fsp3) is 0.833. The van der Waals surface area contributed by atoms with Crippen molar-refractivity contribution in [1.29, 1.82) is 0 Å². The van der Waals surface area contributed by atoms with Gasteiger partial charge in [-0.15, -0.1) is 6.42 Å². The molecule has 74 valence electrons. The minimum atomic E-state index is 0.432. The molecular formula is C12H21N. The van der Waals surface area contributed by atoms with E-state index < -0.39 is 0 Å². The smallest absolute Gasteiger partial charge is 0.0601 e. The second-order valence-corrected chi connectivity index (χ2v) is 5.24. The van der Waals surface area contributed by atoms with Crippen LogP contribution in [-0.4, -0.2) is 24.0 Å². The van der Waals surface area contributed by atoms with E-state index in [1.807, 2.05) is 0 Å². The van der Waals surface area contributed by atoms with Gasteiger partial charge in [-0.2, -0.15) is 0 Å². The van der Waals surface area contributed by atoms with Crippen molar-refractivity contribution >= 4 is 0 Å². The molecule has 1 fully saturated rings. The highest BCUT2D eigenvalue weighted by molar-refractivity contribution is 4.93. The maximum atomic E-state index is 5.34. The van der Waals surface area contributed by atoms with Crippen LogP contribution in [0.5, 0.6) is 0 Å². The summed E-state index contributed by atoms with van der Waals surface area (Å²) in [5.74, 6) is 2.75. The zero-order valence-electron chi connectivity index (χ0n) is 9.14. The number of terminal acetylenes is 1. The van der Waals surface area contributed by atoms with Gasteiger partial charge in [-0.3, -0.25) is 4.90 Å². The number of rotatable bonds is 2. The van der Waals surface area contributed by atoms with Gasteiger partial charge in [0.25, 0.3) is 0 Å². The van der Waals surface area contributed by atoms with Crippen molar-refractivity contribution in [2.24, 2.45) is 5.41 Å². The first kappa shape index (κ1) is 10.6. The molecule has 0 spiro atoms. The molecule has 1 heteroatoms. The van der Waals surface area contributed by atoms with Crippen molar-refractivity contribution in [2.45, 2.75) is 46.1 Å². The van der Waals surface area contributed by atoms with E-state index in [1.54, 1.807) is 0 Å². The van der Waals surface area contributed by atoms with E-state index >= 15 is 0 Å². The van der Waals surface area contributed by atoms with Gasteiger partial charge in [0.05, 0.1) is 6.54 Å². The second kappa shape index (κ2) is 4.15. The van der Waals surface area contributed by atoms with Crippen molar-refractivity contribution in [1.82, 2.24) is 4.90 Å². The third-order valence-electron chi connectivity index (χ3n) is 2.64. The lowest BCUT2D eigenvalue weighted by atomic mass is 9.87. The molecule has 1 atom stereocenters. The molecule has 1 aliphatic heterocycles. The van der Waals surface area contributed by atoms with Crippen LogP contribution >= 0.6 is 0 Å². The molecule has 1 saturated heterocycles. The molecular weight excluding hydrogens is 158 g/mol. The molecule has 0 amide bonds. The quantitative estimate of drug-likeness (QED) is 0.589. The van der Waals surface area contributed by atoms with Crippen LogP contribution in [0, 0.1) is 17.8 Å². The highest BCUT2D eigenvalue weighted by Gasteiger charge is 2.27. The van der Waals surface area contributed by atoms with Crippen LogP contribution < -0.4 is 0 Å². The Morgan fingerprint density at radius 3 is 2.69 bits per heavy atom. The zero-order chi connectivity index (χ0) is 9.90. The molecule has 1 nitrogen and oxygen atoms in total. The lowest BCUT2D eigenvalue weighted by molar-refractivity contribution is 0.209. The van der Waals surface area contributed by atoms with E-state index in [4.69, 9.17) is 6.42 Å². The van der Waals surface area contributed by atoms with E-state index in [1.165, 1.54) is 25.8 Å². The van der Waals surface area contributed by atoms with Crippen molar-refractivity contribution in [2.75, 3.05) is 13.1 Å². The summed E-state index contributed by atoms with van der Waals surface area (Å²) in [5.41, 5.74) is 0.432. The third-order valence-corrected chi connectivity index (χ3v) is 2.64. The Balaban J connectivity index is 2.45. The molecule has 0 N–H and O–H groups in total. The lowest BCUT2D eigenvalue weighted by Gasteiger charge is -2.28. The molecule has 0 aliphatic carbocycles. The van der Waals surface area contributed by atoms with Crippen LogP contribution in [0.15, 0.2) is 0 Å². The third kappa shape index (κ3) is 3.40. The number of nitrogens with zero attached hydrogens (tertiary/aromatic N) is 1. The Bertz CT molecular complexity index is 194. The van der Waals surface area contributed by atoms with E-state index in [0.717, 1.165) is 12.6 Å². The molecule has 0 aromatic rings. The summed E-state index contributed by atoms with van der Waals surface area (Å²) in [6.07, 6.45) is 9.27. The summed E-state index contributed by atoms with van der Waals surface area (Å²) >= 11 is 0. The summed E-state index contributed by atoms with van der Waals surface area (Å²) in [6, 6.07) is 0.732. The van der Waals surface area contributed by atoms with E-state index in [2.05, 4.69) is 31.6 Å². The Morgan fingerprint density at radius 2 is 2.15 bits per heavy atom. The van der Waals surface area contributed by atoms with Crippen molar-refractivity contribution in [3.63, 3.8) is 0 Å². The number of hydrogen-bond acceptors (Lipinski definition) is 1. The fourth-order valence-corrected chi connectivity index (χ4v) is 2.16. The highest BCUT2D eigenvalue weighted by Crippen LogP contribution is 2.29. The van der Waals surface area contributed by atoms with Crippen LogP contribution in [0.2, 0.25) is 0 Å². The van der Waals surface area contributed by atoms with E-state index in [-0.39, 0.29) is 0 Å². The van der Waals surface area contributed by atoms with Crippen LogP contribution in [-0.2, 0) is 0 Å². The predicted octanol–water partition coefficient (Wildman–Crippen LogP) is 2.52. The van der Waals surface area contributed by atoms with Gasteiger partial charge in [-0.1, -0.05) is 26.7 Å². The van der Waals surface area contributed by atoms with E-state index in [9.17, 15) is 0 Å². The average Bonchev–Trinajstić information content (AvgIpc) is 2.34. The molecule has 1 aliphatic rings. The first-order chi connectivity index (χ1) is 6.03. The molecule has 0 unspecified atom stereocenters. The van der Waals surface area contributed by atoms with Crippen LogP contribution in [0.3, 0.4) is 0 Å². The van der Waals surface area contributed by atoms with E-state index in [0.29, 0.717) is 5.41 Å². The molecule has 1 rings (SSSR count). The lowest BCUT2D eigenvalue weighted by Crippen LogP contribution is -2.32. The normalized spacial score (nSPS) is 24.6. The van der Waals surface area contributed by atoms with Gasteiger partial charge >= 0.3 is 0 Å². The Labute approximate surface area is 82.5 Å². The Hall–Kier alpha value is -0.480. The van der Waals surface area contributed by atoms with Gasteiger partial charge in [-0.25, -0.2) is 0 Å². The number of hydrogen-bond donors (Lipinski definition) is 0. The van der Waals surface area contributed by atoms with Gasteiger partial charge in [0, 0.05) is 6.04 Å². The molecule has 13 heavy (non-hydrogen) atoms. The first-order valence-corrected chi connectivity index (χ1v) is 5.20. The Morgan fingerprint density at radius 1 is 1.46 bits per heavy atom. The maximum absolute atomic E-state index is 5.34. The first-order valence-electron chi connectivity index (χ1n) is 5.20. The predicted molar refractivity (Wildman–Crippen MR) is 57.5 cm³/mol. The topological polar surface area (TPSA) is 3.24 Å². The summed E-state index contributed by atoms with van der Waals surface area (Å²) in [4.78, 5) is 2.45. The van der Waals surface area contributed by atoms with Gasteiger partial charge in [0.15, 0.2) is 0 Å². The molecule has 0 aromatic carbocycles. The molecule has 0 bridgehead atoms. The van der Waals surface area contributed by atoms with Gasteiger partial charge in [0.2, 0.25) is 0 Å². The van der Waals surface area contributed by atoms with Gasteiger partial charge < -0.3 is 0 Å². The summed E-state index contributed by atoms with van der Waals surface area (Å²) in [6.45, 7) is 8.95.